The maximum atomic E-state index is 12.7. The number of pyridine rings is 1. The zero-order valence-corrected chi connectivity index (χ0v) is 20.0. The van der Waals surface area contributed by atoms with Crippen molar-refractivity contribution in [2.75, 3.05) is 42.1 Å². The standard InChI is InChI=1S/C25H30N6O2S/c32-23(18-34-25-29-28-24(33-25)19-10-12-26-13-11-19)27-21-8-4-5-9-22(21)31-16-14-30(15-17-31)20-6-2-1-3-7-20/h4-5,8-13,20H,1-3,6-7,14-18H2,(H,27,32). The monoisotopic (exact) mass is 478 g/mol. The first kappa shape index (κ1) is 22.9. The number of rotatable bonds is 7. The van der Waals surface area contributed by atoms with E-state index in [2.05, 4.69) is 36.4 Å². The normalized spacial score (nSPS) is 17.6. The van der Waals surface area contributed by atoms with E-state index in [4.69, 9.17) is 4.42 Å². The van der Waals surface area contributed by atoms with Crippen LogP contribution in [-0.4, -0.2) is 64.0 Å². The smallest absolute Gasteiger partial charge is 0.277 e. The van der Waals surface area contributed by atoms with E-state index in [0.717, 1.165) is 49.2 Å². The van der Waals surface area contributed by atoms with Crippen LogP contribution in [0, 0.1) is 0 Å². The van der Waals surface area contributed by atoms with Crippen molar-refractivity contribution in [2.45, 2.75) is 43.4 Å². The van der Waals surface area contributed by atoms with Crippen molar-refractivity contribution in [2.24, 2.45) is 0 Å². The Hall–Kier alpha value is -2.91. The van der Waals surface area contributed by atoms with Crippen LogP contribution >= 0.6 is 11.8 Å². The third-order valence-corrected chi connectivity index (χ3v) is 7.40. The average molecular weight is 479 g/mol. The molecule has 178 valence electrons. The summed E-state index contributed by atoms with van der Waals surface area (Å²) < 4.78 is 5.67. The molecule has 3 aromatic rings. The summed E-state index contributed by atoms with van der Waals surface area (Å²) in [7, 11) is 0. The van der Waals surface area contributed by atoms with E-state index < -0.39 is 0 Å². The molecule has 1 aromatic carbocycles. The molecule has 3 heterocycles. The lowest BCUT2D eigenvalue weighted by molar-refractivity contribution is -0.113. The van der Waals surface area contributed by atoms with Gasteiger partial charge in [0.1, 0.15) is 0 Å². The lowest BCUT2D eigenvalue weighted by atomic mass is 9.94. The Bertz CT molecular complexity index is 1080. The molecule has 0 unspecified atom stereocenters. The van der Waals surface area contributed by atoms with Gasteiger partial charge in [0.05, 0.1) is 17.1 Å². The van der Waals surface area contributed by atoms with Crippen LogP contribution in [0.1, 0.15) is 32.1 Å². The fourth-order valence-electron chi connectivity index (χ4n) is 4.82. The Morgan fingerprint density at radius 1 is 1.00 bits per heavy atom. The van der Waals surface area contributed by atoms with Crippen molar-refractivity contribution in [3.05, 3.63) is 48.8 Å². The molecule has 1 amide bonds. The molecule has 1 aliphatic heterocycles. The number of hydrogen-bond donors (Lipinski definition) is 1. The van der Waals surface area contributed by atoms with Gasteiger partial charge in [0.25, 0.3) is 5.22 Å². The topological polar surface area (TPSA) is 87.4 Å². The average Bonchev–Trinajstić information content (AvgIpc) is 3.38. The van der Waals surface area contributed by atoms with E-state index >= 15 is 0 Å². The first-order chi connectivity index (χ1) is 16.8. The molecule has 8 nitrogen and oxygen atoms in total. The minimum atomic E-state index is -0.0954. The predicted molar refractivity (Wildman–Crippen MR) is 134 cm³/mol. The molecule has 2 aliphatic rings. The molecule has 1 N–H and O–H groups in total. The van der Waals surface area contributed by atoms with E-state index in [1.807, 2.05) is 18.2 Å². The Labute approximate surface area is 204 Å². The zero-order valence-electron chi connectivity index (χ0n) is 19.2. The summed E-state index contributed by atoms with van der Waals surface area (Å²) in [6.07, 6.45) is 10.2. The summed E-state index contributed by atoms with van der Waals surface area (Å²) in [6.45, 7) is 4.13. The number of nitrogens with zero attached hydrogens (tertiary/aromatic N) is 5. The number of hydrogen-bond acceptors (Lipinski definition) is 8. The molecular weight excluding hydrogens is 448 g/mol. The summed E-state index contributed by atoms with van der Waals surface area (Å²) in [4.78, 5) is 21.7. The van der Waals surface area contributed by atoms with Gasteiger partial charge in [0.2, 0.25) is 11.8 Å². The summed E-state index contributed by atoms with van der Waals surface area (Å²) in [6, 6.07) is 12.4. The summed E-state index contributed by atoms with van der Waals surface area (Å²) in [5.41, 5.74) is 2.74. The minimum absolute atomic E-state index is 0.0954. The molecular formula is C25H30N6O2S. The van der Waals surface area contributed by atoms with Crippen LogP contribution in [0.3, 0.4) is 0 Å². The highest BCUT2D eigenvalue weighted by Gasteiger charge is 2.26. The van der Waals surface area contributed by atoms with Crippen LogP contribution in [0.2, 0.25) is 0 Å². The summed E-state index contributed by atoms with van der Waals surface area (Å²) in [5.74, 6) is 0.520. The van der Waals surface area contributed by atoms with Gasteiger partial charge in [-0.3, -0.25) is 14.7 Å². The van der Waals surface area contributed by atoms with Crippen molar-refractivity contribution in [3.63, 3.8) is 0 Å². The number of anilines is 2. The quantitative estimate of drug-likeness (QED) is 0.503. The van der Waals surface area contributed by atoms with Crippen LogP contribution in [-0.2, 0) is 4.79 Å². The second kappa shape index (κ2) is 11.0. The van der Waals surface area contributed by atoms with Gasteiger partial charge in [-0.05, 0) is 37.1 Å². The Morgan fingerprint density at radius 2 is 1.76 bits per heavy atom. The van der Waals surface area contributed by atoms with Gasteiger partial charge in [-0.2, -0.15) is 0 Å². The van der Waals surface area contributed by atoms with Gasteiger partial charge >= 0.3 is 0 Å². The van der Waals surface area contributed by atoms with E-state index in [1.54, 1.807) is 24.5 Å². The molecule has 0 bridgehead atoms. The molecule has 2 fully saturated rings. The number of benzene rings is 1. The lowest BCUT2D eigenvalue weighted by Crippen LogP contribution is -2.51. The second-order valence-electron chi connectivity index (χ2n) is 8.78. The highest BCUT2D eigenvalue weighted by atomic mass is 32.2. The molecule has 34 heavy (non-hydrogen) atoms. The maximum absolute atomic E-state index is 12.7. The second-order valence-corrected chi connectivity index (χ2v) is 9.70. The first-order valence-corrected chi connectivity index (χ1v) is 13.0. The Kier molecular flexibility index (Phi) is 7.40. The molecule has 9 heteroatoms. The highest BCUT2D eigenvalue weighted by molar-refractivity contribution is 7.99. The molecule has 0 radical (unpaired) electrons. The molecule has 0 spiro atoms. The van der Waals surface area contributed by atoms with Crippen LogP contribution in [0.5, 0.6) is 0 Å². The number of thioether (sulfide) groups is 1. The number of carbonyl (C=O) groups excluding carboxylic acids is 1. The number of nitrogens with one attached hydrogen (secondary N) is 1. The molecule has 2 aromatic heterocycles. The molecule has 1 aliphatic carbocycles. The third-order valence-electron chi connectivity index (χ3n) is 6.58. The predicted octanol–water partition coefficient (Wildman–Crippen LogP) is 4.32. The van der Waals surface area contributed by atoms with Gasteiger partial charge < -0.3 is 14.6 Å². The van der Waals surface area contributed by atoms with E-state index in [0.29, 0.717) is 11.1 Å². The summed E-state index contributed by atoms with van der Waals surface area (Å²) >= 11 is 1.23. The summed E-state index contributed by atoms with van der Waals surface area (Å²) in [5, 5.41) is 11.5. The molecule has 5 rings (SSSR count). The largest absolute Gasteiger partial charge is 0.411 e. The third kappa shape index (κ3) is 5.59. The van der Waals surface area contributed by atoms with Crippen molar-refractivity contribution >= 4 is 29.0 Å². The Morgan fingerprint density at radius 3 is 2.56 bits per heavy atom. The van der Waals surface area contributed by atoms with Crippen LogP contribution < -0.4 is 10.2 Å². The first-order valence-electron chi connectivity index (χ1n) is 12.0. The maximum Gasteiger partial charge on any atom is 0.277 e. The fourth-order valence-corrected chi connectivity index (χ4v) is 5.39. The zero-order chi connectivity index (χ0) is 23.2. The van der Waals surface area contributed by atoms with Crippen molar-refractivity contribution in [3.8, 4) is 11.5 Å². The van der Waals surface area contributed by atoms with Gasteiger partial charge in [0, 0.05) is 50.2 Å². The molecule has 0 atom stereocenters. The van der Waals surface area contributed by atoms with Crippen LogP contribution in [0.15, 0.2) is 58.4 Å². The number of aromatic nitrogens is 3. The van der Waals surface area contributed by atoms with Crippen molar-refractivity contribution in [1.29, 1.82) is 0 Å². The van der Waals surface area contributed by atoms with Gasteiger partial charge in [-0.1, -0.05) is 43.2 Å². The number of amides is 1. The van der Waals surface area contributed by atoms with Crippen molar-refractivity contribution in [1.82, 2.24) is 20.1 Å². The highest BCUT2D eigenvalue weighted by Crippen LogP contribution is 2.29. The number of piperazine rings is 1. The van der Waals surface area contributed by atoms with Crippen LogP contribution in [0.4, 0.5) is 11.4 Å². The SMILES string of the molecule is O=C(CSc1nnc(-c2ccncc2)o1)Nc1ccccc1N1CCN(C2CCCCC2)CC1. The minimum Gasteiger partial charge on any atom is -0.411 e. The molecule has 1 saturated heterocycles. The van der Waals surface area contributed by atoms with E-state index in [9.17, 15) is 4.79 Å². The van der Waals surface area contributed by atoms with Crippen LogP contribution in [0.25, 0.3) is 11.5 Å². The molecule has 1 saturated carbocycles. The Balaban J connectivity index is 1.15. The van der Waals surface area contributed by atoms with Crippen molar-refractivity contribution < 1.29 is 9.21 Å². The van der Waals surface area contributed by atoms with Gasteiger partial charge in [0.15, 0.2) is 0 Å². The van der Waals surface area contributed by atoms with E-state index in [1.165, 1.54) is 43.9 Å². The fraction of sp³-hybridized carbons (Fsp3) is 0.440. The van der Waals surface area contributed by atoms with E-state index in [-0.39, 0.29) is 11.7 Å². The van der Waals surface area contributed by atoms with Gasteiger partial charge in [-0.25, -0.2) is 0 Å². The van der Waals surface area contributed by atoms with Gasteiger partial charge in [-0.15, -0.1) is 10.2 Å². The number of para-hydroxylation sites is 2. The number of carbonyl (C=O) groups is 1. The lowest BCUT2D eigenvalue weighted by Gasteiger charge is -2.42.